The molecule has 0 N–H and O–H groups in total. The molecule has 1 heterocycles. The fraction of sp³-hybridized carbons (Fsp3) is 0.619. The van der Waals surface area contributed by atoms with Crippen LogP contribution in [0.3, 0.4) is 0 Å². The van der Waals surface area contributed by atoms with Crippen LogP contribution in [-0.2, 0) is 14.3 Å². The van der Waals surface area contributed by atoms with Crippen LogP contribution in [0.4, 0.5) is 0 Å². The number of nitriles is 1. The zero-order valence-corrected chi connectivity index (χ0v) is 15.6. The smallest absolute Gasteiger partial charge is 0.319 e. The summed E-state index contributed by atoms with van der Waals surface area (Å²) >= 11 is 0. The molecular formula is C21H29NO4. The molecule has 0 bridgehead atoms. The van der Waals surface area contributed by atoms with Crippen molar-refractivity contribution in [1.29, 1.82) is 5.26 Å². The van der Waals surface area contributed by atoms with E-state index in [0.29, 0.717) is 24.5 Å². The van der Waals surface area contributed by atoms with E-state index in [4.69, 9.17) is 19.5 Å². The number of carbonyl (C=O) groups excluding carboxylic acids is 1. The Kier molecular flexibility index (Phi) is 9.16. The SMILES string of the molecule is CCCCCCCCCC1OCC(C(=O)Oc2ccc(C#N)cc2)CO1. The molecule has 26 heavy (non-hydrogen) atoms. The molecular weight excluding hydrogens is 330 g/mol. The zero-order chi connectivity index (χ0) is 18.6. The lowest BCUT2D eigenvalue weighted by Gasteiger charge is -2.28. The minimum atomic E-state index is -0.407. The molecule has 0 amide bonds. The van der Waals surface area contributed by atoms with E-state index in [0.717, 1.165) is 12.8 Å². The molecule has 1 aliphatic heterocycles. The molecule has 1 saturated heterocycles. The Labute approximate surface area is 156 Å². The van der Waals surface area contributed by atoms with Gasteiger partial charge in [0.25, 0.3) is 0 Å². The molecule has 0 unspecified atom stereocenters. The van der Waals surface area contributed by atoms with Gasteiger partial charge < -0.3 is 14.2 Å². The summed E-state index contributed by atoms with van der Waals surface area (Å²) in [7, 11) is 0. The van der Waals surface area contributed by atoms with Gasteiger partial charge in [0.1, 0.15) is 11.7 Å². The molecule has 0 aromatic heterocycles. The minimum absolute atomic E-state index is 0.204. The third kappa shape index (κ3) is 7.15. The van der Waals surface area contributed by atoms with Crippen molar-refractivity contribution in [2.45, 2.75) is 64.6 Å². The molecule has 0 radical (unpaired) electrons. The molecule has 1 aromatic rings. The van der Waals surface area contributed by atoms with Crippen molar-refractivity contribution in [2.24, 2.45) is 5.92 Å². The first-order valence-electron chi connectivity index (χ1n) is 9.68. The lowest BCUT2D eigenvalue weighted by atomic mass is 10.1. The lowest BCUT2D eigenvalue weighted by Crippen LogP contribution is -2.38. The molecule has 0 aliphatic carbocycles. The average molecular weight is 359 g/mol. The van der Waals surface area contributed by atoms with Gasteiger partial charge in [-0.15, -0.1) is 0 Å². The monoisotopic (exact) mass is 359 g/mol. The summed E-state index contributed by atoms with van der Waals surface area (Å²) in [5.74, 6) is -0.334. The van der Waals surface area contributed by atoms with E-state index in [9.17, 15) is 4.79 Å². The largest absolute Gasteiger partial charge is 0.426 e. The summed E-state index contributed by atoms with van der Waals surface area (Å²) in [5, 5.41) is 8.77. The quantitative estimate of drug-likeness (QED) is 0.347. The summed E-state index contributed by atoms with van der Waals surface area (Å²) in [6, 6.07) is 8.50. The number of ether oxygens (including phenoxy) is 3. The number of unbranched alkanes of at least 4 members (excludes halogenated alkanes) is 6. The Hall–Kier alpha value is -1.90. The van der Waals surface area contributed by atoms with Crippen LogP contribution in [0.25, 0.3) is 0 Å². The molecule has 142 valence electrons. The van der Waals surface area contributed by atoms with Gasteiger partial charge in [-0.25, -0.2) is 0 Å². The highest BCUT2D eigenvalue weighted by atomic mass is 16.7. The predicted octanol–water partition coefficient (Wildman–Crippen LogP) is 4.59. The van der Waals surface area contributed by atoms with Gasteiger partial charge in [0.2, 0.25) is 0 Å². The van der Waals surface area contributed by atoms with Crippen molar-refractivity contribution >= 4 is 5.97 Å². The van der Waals surface area contributed by atoms with E-state index >= 15 is 0 Å². The summed E-state index contributed by atoms with van der Waals surface area (Å²) in [6.07, 6.45) is 9.49. The molecule has 0 spiro atoms. The topological polar surface area (TPSA) is 68.5 Å². The Balaban J connectivity index is 1.60. The van der Waals surface area contributed by atoms with Gasteiger partial charge in [-0.1, -0.05) is 45.4 Å². The first-order chi connectivity index (χ1) is 12.7. The second-order valence-electron chi connectivity index (χ2n) is 6.76. The van der Waals surface area contributed by atoms with E-state index in [-0.39, 0.29) is 12.3 Å². The Morgan fingerprint density at radius 3 is 2.31 bits per heavy atom. The number of esters is 1. The van der Waals surface area contributed by atoms with Crippen LogP contribution < -0.4 is 4.74 Å². The minimum Gasteiger partial charge on any atom is -0.426 e. The second kappa shape index (κ2) is 11.7. The number of benzene rings is 1. The molecule has 5 nitrogen and oxygen atoms in total. The van der Waals surface area contributed by atoms with Crippen LogP contribution in [0.5, 0.6) is 5.75 Å². The fourth-order valence-corrected chi connectivity index (χ4v) is 2.91. The normalized spacial score (nSPS) is 19.7. The van der Waals surface area contributed by atoms with Crippen LogP contribution in [0, 0.1) is 17.2 Å². The third-order valence-corrected chi connectivity index (χ3v) is 4.55. The van der Waals surface area contributed by atoms with Crippen molar-refractivity contribution in [1.82, 2.24) is 0 Å². The van der Waals surface area contributed by atoms with Gasteiger partial charge in [0.05, 0.1) is 24.8 Å². The van der Waals surface area contributed by atoms with Crippen molar-refractivity contribution < 1.29 is 19.0 Å². The summed E-state index contributed by atoms with van der Waals surface area (Å²) in [4.78, 5) is 12.2. The van der Waals surface area contributed by atoms with Crippen LogP contribution in [0.15, 0.2) is 24.3 Å². The van der Waals surface area contributed by atoms with E-state index in [1.807, 2.05) is 6.07 Å². The Morgan fingerprint density at radius 2 is 1.69 bits per heavy atom. The van der Waals surface area contributed by atoms with Gasteiger partial charge in [0.15, 0.2) is 6.29 Å². The van der Waals surface area contributed by atoms with E-state index in [1.165, 1.54) is 38.5 Å². The standard InChI is InChI=1S/C21H29NO4/c1-2-3-4-5-6-7-8-9-20-24-15-18(16-25-20)21(23)26-19-12-10-17(14-22)11-13-19/h10-13,18,20H,2-9,15-16H2,1H3. The van der Waals surface area contributed by atoms with Gasteiger partial charge in [0, 0.05) is 0 Å². The van der Waals surface area contributed by atoms with Crippen LogP contribution in [-0.4, -0.2) is 25.5 Å². The summed E-state index contributed by atoms with van der Waals surface area (Å²) < 4.78 is 16.7. The lowest BCUT2D eigenvalue weighted by molar-refractivity contribution is -0.208. The second-order valence-corrected chi connectivity index (χ2v) is 6.76. The molecule has 1 aromatic carbocycles. The highest BCUT2D eigenvalue weighted by molar-refractivity contribution is 5.75. The van der Waals surface area contributed by atoms with E-state index in [1.54, 1.807) is 24.3 Å². The van der Waals surface area contributed by atoms with Crippen LogP contribution in [0.2, 0.25) is 0 Å². The number of hydrogen-bond acceptors (Lipinski definition) is 5. The molecule has 0 saturated carbocycles. The molecule has 0 atom stereocenters. The number of hydrogen-bond donors (Lipinski definition) is 0. The molecule has 1 fully saturated rings. The maximum atomic E-state index is 12.2. The molecule has 1 aliphatic rings. The predicted molar refractivity (Wildman–Crippen MR) is 98.6 cm³/mol. The van der Waals surface area contributed by atoms with Crippen LogP contribution in [0.1, 0.15) is 63.9 Å². The molecule has 2 rings (SSSR count). The van der Waals surface area contributed by atoms with E-state index < -0.39 is 5.92 Å². The average Bonchev–Trinajstić information content (AvgIpc) is 2.68. The maximum absolute atomic E-state index is 12.2. The summed E-state index contributed by atoms with van der Waals surface area (Å²) in [5.41, 5.74) is 0.530. The third-order valence-electron chi connectivity index (χ3n) is 4.55. The Morgan fingerprint density at radius 1 is 1.08 bits per heavy atom. The van der Waals surface area contributed by atoms with E-state index in [2.05, 4.69) is 6.92 Å². The van der Waals surface area contributed by atoms with Crippen molar-refractivity contribution in [3.63, 3.8) is 0 Å². The van der Waals surface area contributed by atoms with Gasteiger partial charge in [-0.3, -0.25) is 4.79 Å². The van der Waals surface area contributed by atoms with Crippen LogP contribution >= 0.6 is 0 Å². The van der Waals surface area contributed by atoms with Gasteiger partial charge in [-0.2, -0.15) is 5.26 Å². The van der Waals surface area contributed by atoms with Crippen molar-refractivity contribution in [3.8, 4) is 11.8 Å². The van der Waals surface area contributed by atoms with Gasteiger partial charge in [-0.05, 0) is 37.1 Å². The highest BCUT2D eigenvalue weighted by Crippen LogP contribution is 2.20. The fourth-order valence-electron chi connectivity index (χ4n) is 2.91. The number of carbonyl (C=O) groups is 1. The summed E-state index contributed by atoms with van der Waals surface area (Å²) in [6.45, 7) is 2.89. The van der Waals surface area contributed by atoms with Crippen molar-refractivity contribution in [2.75, 3.05) is 13.2 Å². The maximum Gasteiger partial charge on any atom is 0.319 e. The zero-order valence-electron chi connectivity index (χ0n) is 15.6. The van der Waals surface area contributed by atoms with Gasteiger partial charge >= 0.3 is 5.97 Å². The Bertz CT molecular complexity index is 571. The number of rotatable bonds is 10. The number of nitrogens with zero attached hydrogens (tertiary/aromatic N) is 1. The molecule has 5 heteroatoms. The first kappa shape index (κ1) is 20.4. The highest BCUT2D eigenvalue weighted by Gasteiger charge is 2.28. The van der Waals surface area contributed by atoms with Crippen molar-refractivity contribution in [3.05, 3.63) is 29.8 Å². The first-order valence-corrected chi connectivity index (χ1v) is 9.68.